The number of hydrogen-bond acceptors (Lipinski definition) is 2. The zero-order valence-electron chi connectivity index (χ0n) is 16.9. The van der Waals surface area contributed by atoms with E-state index >= 15 is 0 Å². The van der Waals surface area contributed by atoms with Crippen molar-refractivity contribution in [3.63, 3.8) is 0 Å². The van der Waals surface area contributed by atoms with Gasteiger partial charge in [-0.3, -0.25) is 4.79 Å². The number of rotatable bonds is 7. The summed E-state index contributed by atoms with van der Waals surface area (Å²) in [4.78, 5) is 13.1. The molecule has 4 aromatic rings. The van der Waals surface area contributed by atoms with Crippen LogP contribution in [0.1, 0.15) is 27.0 Å². The van der Waals surface area contributed by atoms with E-state index in [9.17, 15) is 9.18 Å². The minimum Gasteiger partial charge on any atom is -0.488 e. The maximum atomic E-state index is 13.1. The second-order valence-corrected chi connectivity index (χ2v) is 7.18. The van der Waals surface area contributed by atoms with Gasteiger partial charge in [-0.05, 0) is 53.4 Å². The predicted molar refractivity (Wildman–Crippen MR) is 121 cm³/mol. The molecule has 4 heteroatoms. The lowest BCUT2D eigenvalue weighted by Gasteiger charge is -2.14. The van der Waals surface area contributed by atoms with Crippen LogP contribution in [0, 0.1) is 5.82 Å². The zero-order valence-corrected chi connectivity index (χ0v) is 16.9. The van der Waals surface area contributed by atoms with Gasteiger partial charge >= 0.3 is 0 Å². The van der Waals surface area contributed by atoms with Gasteiger partial charge in [0.2, 0.25) is 0 Å². The minimum atomic E-state index is -0.294. The van der Waals surface area contributed by atoms with E-state index in [1.807, 2.05) is 48.5 Å². The van der Waals surface area contributed by atoms with E-state index in [2.05, 4.69) is 17.4 Å². The first kappa shape index (κ1) is 20.4. The number of ether oxygens (including phenoxy) is 1. The summed E-state index contributed by atoms with van der Waals surface area (Å²) in [5.74, 6) is -0.0576. The molecule has 0 aliphatic heterocycles. The molecule has 4 aromatic carbocycles. The molecule has 0 unspecified atom stereocenters. The van der Waals surface area contributed by atoms with E-state index in [0.29, 0.717) is 11.3 Å². The van der Waals surface area contributed by atoms with E-state index in [-0.39, 0.29) is 18.3 Å². The first-order valence-corrected chi connectivity index (χ1v) is 10.1. The maximum absolute atomic E-state index is 13.1. The van der Waals surface area contributed by atoms with Gasteiger partial charge in [0.25, 0.3) is 5.91 Å². The molecule has 0 bridgehead atoms. The maximum Gasteiger partial charge on any atom is 0.259 e. The van der Waals surface area contributed by atoms with Gasteiger partial charge in [-0.2, -0.15) is 0 Å². The van der Waals surface area contributed by atoms with Gasteiger partial charge in [0, 0.05) is 5.69 Å². The summed E-state index contributed by atoms with van der Waals surface area (Å²) in [6.07, 6.45) is 0.722. The fourth-order valence-corrected chi connectivity index (χ4v) is 3.32. The van der Waals surface area contributed by atoms with E-state index in [1.54, 1.807) is 30.3 Å². The van der Waals surface area contributed by atoms with Crippen LogP contribution in [0.5, 0.6) is 5.75 Å². The Morgan fingerprint density at radius 2 is 1.42 bits per heavy atom. The lowest BCUT2D eigenvalue weighted by molar-refractivity contribution is 0.102. The van der Waals surface area contributed by atoms with Crippen molar-refractivity contribution in [2.75, 3.05) is 5.32 Å². The molecule has 4 rings (SSSR count). The Morgan fingerprint density at radius 1 is 0.742 bits per heavy atom. The minimum absolute atomic E-state index is 0.241. The number of nitrogens with one attached hydrogen (secondary N) is 1. The number of halogens is 1. The van der Waals surface area contributed by atoms with Crippen molar-refractivity contribution in [3.8, 4) is 5.75 Å². The summed E-state index contributed by atoms with van der Waals surface area (Å²) >= 11 is 0. The topological polar surface area (TPSA) is 38.3 Å². The van der Waals surface area contributed by atoms with E-state index in [4.69, 9.17) is 4.74 Å². The van der Waals surface area contributed by atoms with Crippen LogP contribution in [-0.4, -0.2) is 5.91 Å². The number of carbonyl (C=O) groups excluding carboxylic acids is 1. The highest BCUT2D eigenvalue weighted by atomic mass is 19.1. The SMILES string of the molecule is O=C(Nc1ccccc1Cc1ccccc1)c1ccccc1OCc1ccc(F)cc1. The van der Waals surface area contributed by atoms with Crippen molar-refractivity contribution in [1.82, 2.24) is 0 Å². The van der Waals surface area contributed by atoms with Crippen LogP contribution in [0.15, 0.2) is 103 Å². The Kier molecular flexibility index (Phi) is 6.38. The Balaban J connectivity index is 1.50. The first-order valence-electron chi connectivity index (χ1n) is 10.1. The summed E-state index contributed by atoms with van der Waals surface area (Å²) in [6.45, 7) is 0.245. The van der Waals surface area contributed by atoms with E-state index in [0.717, 1.165) is 23.2 Å². The number of hydrogen-bond donors (Lipinski definition) is 1. The summed E-state index contributed by atoms with van der Waals surface area (Å²) in [7, 11) is 0. The van der Waals surface area contributed by atoms with Crippen LogP contribution in [0.25, 0.3) is 0 Å². The Labute approximate surface area is 181 Å². The fourth-order valence-electron chi connectivity index (χ4n) is 3.32. The molecule has 0 heterocycles. The fraction of sp³-hybridized carbons (Fsp3) is 0.0741. The molecule has 1 N–H and O–H groups in total. The molecule has 0 aromatic heterocycles. The standard InChI is InChI=1S/C27H22FNO2/c28-23-16-14-21(15-17-23)19-31-26-13-7-5-11-24(26)27(30)29-25-12-6-4-10-22(25)18-20-8-2-1-3-9-20/h1-17H,18-19H2,(H,29,30). The molecule has 3 nitrogen and oxygen atoms in total. The van der Waals surface area contributed by atoms with Gasteiger partial charge in [-0.15, -0.1) is 0 Å². The lowest BCUT2D eigenvalue weighted by atomic mass is 10.0. The third-order valence-corrected chi connectivity index (χ3v) is 4.94. The van der Waals surface area contributed by atoms with Gasteiger partial charge in [-0.1, -0.05) is 72.8 Å². The number of anilines is 1. The predicted octanol–water partition coefficient (Wildman–Crippen LogP) is 6.25. The average Bonchev–Trinajstić information content (AvgIpc) is 2.81. The molecule has 154 valence electrons. The molecule has 0 fully saturated rings. The molecular weight excluding hydrogens is 389 g/mol. The van der Waals surface area contributed by atoms with Crippen LogP contribution in [0.2, 0.25) is 0 Å². The molecule has 1 amide bonds. The second kappa shape index (κ2) is 9.72. The summed E-state index contributed by atoms with van der Waals surface area (Å²) in [5.41, 5.74) is 4.24. The molecule has 0 spiro atoms. The molecule has 0 saturated carbocycles. The van der Waals surface area contributed by atoms with Crippen LogP contribution in [0.3, 0.4) is 0 Å². The average molecular weight is 411 g/mol. The largest absolute Gasteiger partial charge is 0.488 e. The highest BCUT2D eigenvalue weighted by molar-refractivity contribution is 6.06. The second-order valence-electron chi connectivity index (χ2n) is 7.18. The summed E-state index contributed by atoms with van der Waals surface area (Å²) < 4.78 is 19.0. The number of carbonyl (C=O) groups is 1. The molecule has 31 heavy (non-hydrogen) atoms. The number of para-hydroxylation sites is 2. The zero-order chi connectivity index (χ0) is 21.5. The van der Waals surface area contributed by atoms with Gasteiger partial charge in [0.05, 0.1) is 5.56 Å². The monoisotopic (exact) mass is 411 g/mol. The summed E-state index contributed by atoms with van der Waals surface area (Å²) in [6, 6.07) is 31.1. The molecular formula is C27H22FNO2. The van der Waals surface area contributed by atoms with E-state index in [1.165, 1.54) is 17.7 Å². The normalized spacial score (nSPS) is 10.5. The lowest BCUT2D eigenvalue weighted by Crippen LogP contribution is -2.15. The highest BCUT2D eigenvalue weighted by Crippen LogP contribution is 2.24. The molecule has 0 aliphatic carbocycles. The van der Waals surface area contributed by atoms with E-state index < -0.39 is 0 Å². The Morgan fingerprint density at radius 3 is 2.23 bits per heavy atom. The van der Waals surface area contributed by atoms with Crippen molar-refractivity contribution in [3.05, 3.63) is 131 Å². The number of benzene rings is 4. The van der Waals surface area contributed by atoms with Crippen LogP contribution < -0.4 is 10.1 Å². The van der Waals surface area contributed by atoms with Crippen LogP contribution >= 0.6 is 0 Å². The molecule has 0 atom stereocenters. The molecule has 0 aliphatic rings. The van der Waals surface area contributed by atoms with Crippen molar-refractivity contribution >= 4 is 11.6 Å². The highest BCUT2D eigenvalue weighted by Gasteiger charge is 2.14. The first-order chi connectivity index (χ1) is 15.2. The third kappa shape index (κ3) is 5.37. The van der Waals surface area contributed by atoms with Gasteiger partial charge in [-0.25, -0.2) is 4.39 Å². The van der Waals surface area contributed by atoms with Gasteiger partial charge < -0.3 is 10.1 Å². The van der Waals surface area contributed by atoms with Crippen molar-refractivity contribution in [2.24, 2.45) is 0 Å². The number of amides is 1. The van der Waals surface area contributed by atoms with Crippen molar-refractivity contribution in [2.45, 2.75) is 13.0 Å². The molecule has 0 radical (unpaired) electrons. The van der Waals surface area contributed by atoms with Crippen LogP contribution in [-0.2, 0) is 13.0 Å². The quantitative estimate of drug-likeness (QED) is 0.390. The Bertz CT molecular complexity index is 1160. The van der Waals surface area contributed by atoms with Crippen molar-refractivity contribution in [1.29, 1.82) is 0 Å². The van der Waals surface area contributed by atoms with Gasteiger partial charge in [0.15, 0.2) is 0 Å². The summed E-state index contributed by atoms with van der Waals surface area (Å²) in [5, 5.41) is 3.02. The van der Waals surface area contributed by atoms with Crippen molar-refractivity contribution < 1.29 is 13.9 Å². The third-order valence-electron chi connectivity index (χ3n) is 4.94. The molecule has 0 saturated heterocycles. The Hall–Kier alpha value is -3.92. The van der Waals surface area contributed by atoms with Crippen LogP contribution in [0.4, 0.5) is 10.1 Å². The van der Waals surface area contributed by atoms with Gasteiger partial charge in [0.1, 0.15) is 18.2 Å². The smallest absolute Gasteiger partial charge is 0.259 e.